The van der Waals surface area contributed by atoms with E-state index in [0.29, 0.717) is 17.1 Å². The van der Waals surface area contributed by atoms with E-state index in [1.165, 1.54) is 6.07 Å². The van der Waals surface area contributed by atoms with Crippen LogP contribution in [0.5, 0.6) is 0 Å². The third-order valence-corrected chi connectivity index (χ3v) is 3.39. The van der Waals surface area contributed by atoms with Crippen LogP contribution in [-0.2, 0) is 6.54 Å². The molecule has 2 aromatic rings. The van der Waals surface area contributed by atoms with Crippen molar-refractivity contribution in [3.05, 3.63) is 62.8 Å². The molecule has 0 aliphatic carbocycles. The van der Waals surface area contributed by atoms with Gasteiger partial charge in [0.25, 0.3) is 0 Å². The SMILES string of the molecule is Cc1cc(Cl)ccc1NCc1cc(Br)ccc1F. The van der Waals surface area contributed by atoms with Crippen molar-refractivity contribution in [2.24, 2.45) is 0 Å². The predicted octanol–water partition coefficient (Wildman–Crippen LogP) is 5.16. The molecule has 0 radical (unpaired) electrons. The van der Waals surface area contributed by atoms with Gasteiger partial charge in [-0.3, -0.25) is 0 Å². The van der Waals surface area contributed by atoms with Crippen molar-refractivity contribution < 1.29 is 4.39 Å². The molecule has 0 bridgehead atoms. The van der Waals surface area contributed by atoms with E-state index in [1.54, 1.807) is 12.1 Å². The van der Waals surface area contributed by atoms with Gasteiger partial charge in [0.15, 0.2) is 0 Å². The second-order valence-corrected chi connectivity index (χ2v) is 5.40. The number of halogens is 3. The highest BCUT2D eigenvalue weighted by molar-refractivity contribution is 9.10. The van der Waals surface area contributed by atoms with Gasteiger partial charge in [0.1, 0.15) is 5.82 Å². The van der Waals surface area contributed by atoms with Crippen LogP contribution in [-0.4, -0.2) is 0 Å². The van der Waals surface area contributed by atoms with Crippen LogP contribution in [0.4, 0.5) is 10.1 Å². The minimum atomic E-state index is -0.211. The summed E-state index contributed by atoms with van der Waals surface area (Å²) in [6, 6.07) is 10.5. The maximum atomic E-state index is 13.6. The molecule has 18 heavy (non-hydrogen) atoms. The van der Waals surface area contributed by atoms with Crippen molar-refractivity contribution in [2.45, 2.75) is 13.5 Å². The Morgan fingerprint density at radius 2 is 2.00 bits per heavy atom. The van der Waals surface area contributed by atoms with Crippen molar-refractivity contribution in [3.63, 3.8) is 0 Å². The summed E-state index contributed by atoms with van der Waals surface area (Å²) in [5.74, 6) is -0.211. The summed E-state index contributed by atoms with van der Waals surface area (Å²) in [7, 11) is 0. The van der Waals surface area contributed by atoms with Gasteiger partial charge in [-0.15, -0.1) is 0 Å². The standard InChI is InChI=1S/C14H12BrClFN/c1-9-6-12(16)3-5-14(9)18-8-10-7-11(15)2-4-13(10)17/h2-7,18H,8H2,1H3. The summed E-state index contributed by atoms with van der Waals surface area (Å²) >= 11 is 9.22. The molecule has 0 unspecified atom stereocenters. The molecule has 2 rings (SSSR count). The van der Waals surface area contributed by atoms with Gasteiger partial charge in [0.2, 0.25) is 0 Å². The molecule has 0 amide bonds. The second-order valence-electron chi connectivity index (χ2n) is 4.05. The van der Waals surface area contributed by atoms with Gasteiger partial charge < -0.3 is 5.32 Å². The van der Waals surface area contributed by atoms with Crippen LogP contribution in [0.2, 0.25) is 5.02 Å². The summed E-state index contributed by atoms with van der Waals surface area (Å²) < 4.78 is 14.4. The van der Waals surface area contributed by atoms with Crippen molar-refractivity contribution in [3.8, 4) is 0 Å². The number of benzene rings is 2. The summed E-state index contributed by atoms with van der Waals surface area (Å²) in [6.07, 6.45) is 0. The van der Waals surface area contributed by atoms with E-state index in [4.69, 9.17) is 11.6 Å². The van der Waals surface area contributed by atoms with E-state index in [-0.39, 0.29) is 5.82 Å². The first-order valence-corrected chi connectivity index (χ1v) is 6.67. The molecule has 0 aliphatic heterocycles. The molecule has 0 aliphatic rings. The fourth-order valence-electron chi connectivity index (χ4n) is 1.69. The number of anilines is 1. The highest BCUT2D eigenvalue weighted by Crippen LogP contribution is 2.21. The fraction of sp³-hybridized carbons (Fsp3) is 0.143. The average Bonchev–Trinajstić information content (AvgIpc) is 2.32. The Labute approximate surface area is 119 Å². The number of aryl methyl sites for hydroxylation is 1. The lowest BCUT2D eigenvalue weighted by atomic mass is 10.1. The van der Waals surface area contributed by atoms with Crippen molar-refractivity contribution in [1.29, 1.82) is 0 Å². The number of hydrogen-bond acceptors (Lipinski definition) is 1. The van der Waals surface area contributed by atoms with Gasteiger partial charge >= 0.3 is 0 Å². The van der Waals surface area contributed by atoms with E-state index in [0.717, 1.165) is 15.7 Å². The first-order chi connectivity index (χ1) is 8.56. The largest absolute Gasteiger partial charge is 0.381 e. The molecule has 1 nitrogen and oxygen atoms in total. The van der Waals surface area contributed by atoms with Gasteiger partial charge in [-0.05, 0) is 48.9 Å². The monoisotopic (exact) mass is 327 g/mol. The first-order valence-electron chi connectivity index (χ1n) is 5.50. The maximum Gasteiger partial charge on any atom is 0.128 e. The number of rotatable bonds is 3. The Morgan fingerprint density at radius 1 is 1.22 bits per heavy atom. The lowest BCUT2D eigenvalue weighted by Gasteiger charge is -2.10. The predicted molar refractivity (Wildman–Crippen MR) is 77.6 cm³/mol. The van der Waals surface area contributed by atoms with Crippen LogP contribution in [0.25, 0.3) is 0 Å². The smallest absolute Gasteiger partial charge is 0.128 e. The summed E-state index contributed by atoms with van der Waals surface area (Å²) in [6.45, 7) is 2.40. The highest BCUT2D eigenvalue weighted by Gasteiger charge is 2.04. The lowest BCUT2D eigenvalue weighted by Crippen LogP contribution is -2.03. The molecule has 4 heteroatoms. The highest BCUT2D eigenvalue weighted by atomic mass is 79.9. The number of nitrogens with one attached hydrogen (secondary N) is 1. The molecule has 0 fully saturated rings. The van der Waals surface area contributed by atoms with Crippen LogP contribution in [0, 0.1) is 12.7 Å². The number of hydrogen-bond donors (Lipinski definition) is 1. The summed E-state index contributed by atoms with van der Waals surface area (Å²) in [5, 5.41) is 3.91. The second kappa shape index (κ2) is 5.72. The van der Waals surface area contributed by atoms with Crippen LogP contribution in [0.3, 0.4) is 0 Å². The van der Waals surface area contributed by atoms with Crippen LogP contribution >= 0.6 is 27.5 Å². The molecule has 94 valence electrons. The third kappa shape index (κ3) is 3.24. The molecule has 2 aromatic carbocycles. The topological polar surface area (TPSA) is 12.0 Å². The Morgan fingerprint density at radius 3 is 2.72 bits per heavy atom. The Kier molecular flexibility index (Phi) is 4.25. The normalized spacial score (nSPS) is 10.4. The summed E-state index contributed by atoms with van der Waals surface area (Å²) in [5.41, 5.74) is 2.62. The molecule has 1 N–H and O–H groups in total. The van der Waals surface area contributed by atoms with Gasteiger partial charge in [-0.25, -0.2) is 4.39 Å². The summed E-state index contributed by atoms with van der Waals surface area (Å²) in [4.78, 5) is 0. The maximum absolute atomic E-state index is 13.6. The molecule has 0 atom stereocenters. The molecule has 0 spiro atoms. The first kappa shape index (κ1) is 13.4. The molecular weight excluding hydrogens is 317 g/mol. The van der Waals surface area contributed by atoms with Crippen LogP contribution in [0.15, 0.2) is 40.9 Å². The molecule has 0 saturated heterocycles. The fourth-order valence-corrected chi connectivity index (χ4v) is 2.33. The molecule has 0 heterocycles. The van der Waals surface area contributed by atoms with Gasteiger partial charge in [-0.1, -0.05) is 27.5 Å². The van der Waals surface area contributed by atoms with Gasteiger partial charge in [0, 0.05) is 27.3 Å². The Hall–Kier alpha value is -1.06. The minimum absolute atomic E-state index is 0.211. The molecule has 0 aromatic heterocycles. The van der Waals surface area contributed by atoms with Crippen LogP contribution < -0.4 is 5.32 Å². The van der Waals surface area contributed by atoms with E-state index < -0.39 is 0 Å². The quantitative estimate of drug-likeness (QED) is 0.820. The van der Waals surface area contributed by atoms with Crippen LogP contribution in [0.1, 0.15) is 11.1 Å². The molecule has 0 saturated carbocycles. The van der Waals surface area contributed by atoms with E-state index in [2.05, 4.69) is 21.2 Å². The Bertz CT molecular complexity index is 572. The van der Waals surface area contributed by atoms with E-state index in [9.17, 15) is 4.39 Å². The Balaban J connectivity index is 2.13. The minimum Gasteiger partial charge on any atom is -0.381 e. The van der Waals surface area contributed by atoms with Crippen molar-refractivity contribution in [2.75, 3.05) is 5.32 Å². The zero-order valence-electron chi connectivity index (χ0n) is 9.81. The zero-order valence-corrected chi connectivity index (χ0v) is 12.1. The average molecular weight is 329 g/mol. The zero-order chi connectivity index (χ0) is 13.1. The molecular formula is C14H12BrClFN. The van der Waals surface area contributed by atoms with Gasteiger partial charge in [-0.2, -0.15) is 0 Å². The van der Waals surface area contributed by atoms with Crippen molar-refractivity contribution >= 4 is 33.2 Å². The van der Waals surface area contributed by atoms with E-state index >= 15 is 0 Å². The van der Waals surface area contributed by atoms with Gasteiger partial charge in [0.05, 0.1) is 0 Å². The third-order valence-electron chi connectivity index (χ3n) is 2.67. The van der Waals surface area contributed by atoms with Crippen molar-refractivity contribution in [1.82, 2.24) is 0 Å². The van der Waals surface area contributed by atoms with E-state index in [1.807, 2.05) is 25.1 Å². The lowest BCUT2D eigenvalue weighted by molar-refractivity contribution is 0.612.